The van der Waals surface area contributed by atoms with Crippen LogP contribution in [0.5, 0.6) is 5.75 Å². The van der Waals surface area contributed by atoms with E-state index in [0.29, 0.717) is 17.0 Å². The first kappa shape index (κ1) is 13.8. The predicted molar refractivity (Wildman–Crippen MR) is 69.0 cm³/mol. The van der Waals surface area contributed by atoms with E-state index in [1.807, 2.05) is 12.1 Å². The molecule has 0 bridgehead atoms. The second kappa shape index (κ2) is 5.90. The number of nitrogens with zero attached hydrogens (tertiary/aromatic N) is 1. The zero-order valence-corrected chi connectivity index (χ0v) is 10.4. The third-order valence-electron chi connectivity index (χ3n) is 3.45. The molecule has 1 fully saturated rings. The smallest absolute Gasteiger partial charge is 0.138 e. The van der Waals surface area contributed by atoms with Crippen LogP contribution < -0.4 is 5.73 Å². The van der Waals surface area contributed by atoms with Crippen molar-refractivity contribution in [2.75, 3.05) is 0 Å². The number of phenolic OH excluding ortho intramolecular Hbond substituents is 1. The molecule has 92 valence electrons. The lowest BCUT2D eigenvalue weighted by molar-refractivity contribution is 0.411. The SMILES string of the molecule is Cl.N#Cc1cccc([C@@H](N)C2CCCC2)c1O. The van der Waals surface area contributed by atoms with Crippen LogP contribution in [-0.2, 0) is 0 Å². The molecule has 0 radical (unpaired) electrons. The Balaban J connectivity index is 0.00000144. The number of nitriles is 1. The Morgan fingerprint density at radius 1 is 1.35 bits per heavy atom. The maximum atomic E-state index is 9.92. The van der Waals surface area contributed by atoms with E-state index in [9.17, 15) is 5.11 Å². The van der Waals surface area contributed by atoms with Gasteiger partial charge < -0.3 is 10.8 Å². The van der Waals surface area contributed by atoms with Crippen molar-refractivity contribution in [1.29, 1.82) is 5.26 Å². The van der Waals surface area contributed by atoms with Gasteiger partial charge in [0.15, 0.2) is 0 Å². The second-order valence-electron chi connectivity index (χ2n) is 4.43. The van der Waals surface area contributed by atoms with E-state index in [4.69, 9.17) is 11.0 Å². The van der Waals surface area contributed by atoms with Gasteiger partial charge in [-0.05, 0) is 24.8 Å². The van der Waals surface area contributed by atoms with Gasteiger partial charge in [-0.25, -0.2) is 0 Å². The Morgan fingerprint density at radius 3 is 2.59 bits per heavy atom. The quantitative estimate of drug-likeness (QED) is 0.850. The number of para-hydroxylation sites is 1. The molecule has 1 aromatic rings. The lowest BCUT2D eigenvalue weighted by Gasteiger charge is -2.20. The highest BCUT2D eigenvalue weighted by Crippen LogP contribution is 2.37. The summed E-state index contributed by atoms with van der Waals surface area (Å²) in [6.45, 7) is 0. The normalized spacial score (nSPS) is 17.2. The van der Waals surface area contributed by atoms with E-state index in [1.165, 1.54) is 12.8 Å². The van der Waals surface area contributed by atoms with Gasteiger partial charge in [0.1, 0.15) is 11.8 Å². The molecule has 0 aromatic heterocycles. The standard InChI is InChI=1S/C13H16N2O.ClH/c14-8-10-6-3-7-11(13(10)16)12(15)9-4-1-2-5-9;/h3,6-7,9,12,16H,1-2,4-5,15H2;1H/t12-;/m0./s1. The molecule has 1 aliphatic rings. The first-order valence-corrected chi connectivity index (χ1v) is 5.71. The summed E-state index contributed by atoms with van der Waals surface area (Å²) in [5.74, 6) is 0.504. The molecule has 4 heteroatoms. The summed E-state index contributed by atoms with van der Waals surface area (Å²) in [6.07, 6.45) is 4.68. The van der Waals surface area contributed by atoms with Gasteiger partial charge >= 0.3 is 0 Å². The van der Waals surface area contributed by atoms with E-state index in [1.54, 1.807) is 12.1 Å². The van der Waals surface area contributed by atoms with Crippen LogP contribution in [0.2, 0.25) is 0 Å². The minimum atomic E-state index is -0.143. The maximum absolute atomic E-state index is 9.92. The molecular weight excluding hydrogens is 236 g/mol. The molecule has 2 rings (SSSR count). The monoisotopic (exact) mass is 252 g/mol. The van der Waals surface area contributed by atoms with Crippen molar-refractivity contribution in [2.45, 2.75) is 31.7 Å². The zero-order valence-electron chi connectivity index (χ0n) is 9.60. The largest absolute Gasteiger partial charge is 0.506 e. The van der Waals surface area contributed by atoms with Crippen LogP contribution in [0, 0.1) is 17.2 Å². The predicted octanol–water partition coefficient (Wildman–Crippen LogP) is 2.88. The number of halogens is 1. The topological polar surface area (TPSA) is 70.0 Å². The third-order valence-corrected chi connectivity index (χ3v) is 3.45. The number of hydrogen-bond donors (Lipinski definition) is 2. The average molecular weight is 253 g/mol. The zero-order chi connectivity index (χ0) is 11.5. The highest BCUT2D eigenvalue weighted by atomic mass is 35.5. The highest BCUT2D eigenvalue weighted by molar-refractivity contribution is 5.85. The molecule has 1 atom stereocenters. The van der Waals surface area contributed by atoms with Crippen LogP contribution in [0.15, 0.2) is 18.2 Å². The minimum Gasteiger partial charge on any atom is -0.506 e. The Hall–Kier alpha value is -1.24. The van der Waals surface area contributed by atoms with Crippen molar-refractivity contribution in [1.82, 2.24) is 0 Å². The van der Waals surface area contributed by atoms with Gasteiger partial charge in [-0.1, -0.05) is 25.0 Å². The molecule has 0 saturated heterocycles. The van der Waals surface area contributed by atoms with Crippen molar-refractivity contribution in [3.05, 3.63) is 29.3 Å². The number of benzene rings is 1. The number of hydrogen-bond acceptors (Lipinski definition) is 3. The molecule has 0 spiro atoms. The van der Waals surface area contributed by atoms with Crippen molar-refractivity contribution in [2.24, 2.45) is 11.7 Å². The number of aromatic hydroxyl groups is 1. The van der Waals surface area contributed by atoms with Crippen LogP contribution >= 0.6 is 12.4 Å². The van der Waals surface area contributed by atoms with Crippen molar-refractivity contribution in [3.63, 3.8) is 0 Å². The van der Waals surface area contributed by atoms with Gasteiger partial charge in [-0.3, -0.25) is 0 Å². The summed E-state index contributed by atoms with van der Waals surface area (Å²) in [4.78, 5) is 0. The first-order valence-electron chi connectivity index (χ1n) is 5.71. The van der Waals surface area contributed by atoms with Crippen LogP contribution in [0.1, 0.15) is 42.9 Å². The number of rotatable bonds is 2. The summed E-state index contributed by atoms with van der Waals surface area (Å²) in [5, 5.41) is 18.8. The molecule has 3 nitrogen and oxygen atoms in total. The second-order valence-corrected chi connectivity index (χ2v) is 4.43. The molecule has 3 N–H and O–H groups in total. The van der Waals surface area contributed by atoms with E-state index in [2.05, 4.69) is 0 Å². The van der Waals surface area contributed by atoms with E-state index in [0.717, 1.165) is 12.8 Å². The van der Waals surface area contributed by atoms with Crippen molar-refractivity contribution >= 4 is 12.4 Å². The molecule has 1 aromatic carbocycles. The minimum absolute atomic E-state index is 0. The summed E-state index contributed by atoms with van der Waals surface area (Å²) in [7, 11) is 0. The summed E-state index contributed by atoms with van der Waals surface area (Å²) in [5.41, 5.74) is 7.18. The maximum Gasteiger partial charge on any atom is 0.138 e. The number of phenols is 1. The van der Waals surface area contributed by atoms with Crippen LogP contribution in [0.25, 0.3) is 0 Å². The molecular formula is C13H17ClN2O. The molecule has 0 amide bonds. The van der Waals surface area contributed by atoms with Gasteiger partial charge in [0.25, 0.3) is 0 Å². The highest BCUT2D eigenvalue weighted by Gasteiger charge is 2.25. The van der Waals surface area contributed by atoms with E-state index in [-0.39, 0.29) is 24.2 Å². The Labute approximate surface area is 108 Å². The van der Waals surface area contributed by atoms with Gasteiger partial charge in [-0.15, -0.1) is 12.4 Å². The molecule has 1 aliphatic carbocycles. The summed E-state index contributed by atoms with van der Waals surface area (Å²) < 4.78 is 0. The summed E-state index contributed by atoms with van der Waals surface area (Å²) >= 11 is 0. The molecule has 0 heterocycles. The summed E-state index contributed by atoms with van der Waals surface area (Å²) in [6, 6.07) is 7.04. The fraction of sp³-hybridized carbons (Fsp3) is 0.462. The first-order chi connectivity index (χ1) is 7.74. The van der Waals surface area contributed by atoms with Gasteiger partial charge in [0, 0.05) is 11.6 Å². The van der Waals surface area contributed by atoms with Crippen LogP contribution in [0.4, 0.5) is 0 Å². The van der Waals surface area contributed by atoms with Crippen molar-refractivity contribution in [3.8, 4) is 11.8 Å². The fourth-order valence-electron chi connectivity index (χ4n) is 2.49. The Bertz CT molecular complexity index is 422. The van der Waals surface area contributed by atoms with Gasteiger partial charge in [0.2, 0.25) is 0 Å². The third kappa shape index (κ3) is 2.71. The van der Waals surface area contributed by atoms with E-state index >= 15 is 0 Å². The van der Waals surface area contributed by atoms with E-state index < -0.39 is 0 Å². The fourth-order valence-corrected chi connectivity index (χ4v) is 2.49. The molecule has 0 aliphatic heterocycles. The lowest BCUT2D eigenvalue weighted by Crippen LogP contribution is -2.19. The van der Waals surface area contributed by atoms with Crippen LogP contribution in [0.3, 0.4) is 0 Å². The van der Waals surface area contributed by atoms with Gasteiger partial charge in [-0.2, -0.15) is 5.26 Å². The Morgan fingerprint density at radius 2 is 2.00 bits per heavy atom. The number of nitrogens with two attached hydrogens (primary N) is 1. The van der Waals surface area contributed by atoms with Crippen molar-refractivity contribution < 1.29 is 5.11 Å². The molecule has 1 saturated carbocycles. The van der Waals surface area contributed by atoms with Gasteiger partial charge in [0.05, 0.1) is 5.56 Å². The molecule has 17 heavy (non-hydrogen) atoms. The lowest BCUT2D eigenvalue weighted by atomic mass is 9.91. The Kier molecular flexibility index (Phi) is 4.80. The van der Waals surface area contributed by atoms with Crippen LogP contribution in [-0.4, -0.2) is 5.11 Å². The average Bonchev–Trinajstić information content (AvgIpc) is 2.82. The molecule has 0 unspecified atom stereocenters.